The molecule has 0 bridgehead atoms. The van der Waals surface area contributed by atoms with Crippen molar-refractivity contribution in [2.24, 2.45) is 5.92 Å². The molecule has 15 heavy (non-hydrogen) atoms. The molecule has 0 amide bonds. The van der Waals surface area contributed by atoms with Gasteiger partial charge in [0.05, 0.1) is 0 Å². The van der Waals surface area contributed by atoms with Gasteiger partial charge < -0.3 is 4.74 Å². The zero-order chi connectivity index (χ0) is 11.3. The summed E-state index contributed by atoms with van der Waals surface area (Å²) in [7, 11) is 1.67. The molecule has 4 heteroatoms. The molecule has 0 radical (unpaired) electrons. The lowest BCUT2D eigenvalue weighted by atomic mass is 10.1. The van der Waals surface area contributed by atoms with Crippen molar-refractivity contribution in [2.45, 2.75) is 26.8 Å². The number of ketones is 1. The van der Waals surface area contributed by atoms with Crippen LogP contribution in [0.2, 0.25) is 0 Å². The van der Waals surface area contributed by atoms with E-state index >= 15 is 0 Å². The smallest absolute Gasteiger partial charge is 0.183 e. The maximum absolute atomic E-state index is 11.8. The summed E-state index contributed by atoms with van der Waals surface area (Å²) in [5, 5.41) is 4.13. The van der Waals surface area contributed by atoms with Gasteiger partial charge in [-0.15, -0.1) is 0 Å². The predicted molar refractivity (Wildman–Crippen MR) is 57.9 cm³/mol. The van der Waals surface area contributed by atoms with Gasteiger partial charge in [0, 0.05) is 32.4 Å². The van der Waals surface area contributed by atoms with Gasteiger partial charge in [-0.1, -0.05) is 13.8 Å². The van der Waals surface area contributed by atoms with Crippen LogP contribution >= 0.6 is 0 Å². The predicted octanol–water partition coefficient (Wildman–Crippen LogP) is 1.76. The largest absolute Gasteiger partial charge is 0.385 e. The molecular formula is C11H18N2O2. The Balaban J connectivity index is 2.65. The fraction of sp³-hybridized carbons (Fsp3) is 0.636. The van der Waals surface area contributed by atoms with Crippen LogP contribution in [0.15, 0.2) is 12.3 Å². The zero-order valence-corrected chi connectivity index (χ0v) is 9.56. The van der Waals surface area contributed by atoms with Crippen molar-refractivity contribution in [1.82, 2.24) is 9.78 Å². The molecule has 0 aliphatic rings. The molecule has 0 spiro atoms. The molecule has 0 aliphatic heterocycles. The lowest BCUT2D eigenvalue weighted by molar-refractivity contribution is 0.0927. The van der Waals surface area contributed by atoms with Gasteiger partial charge in [0.1, 0.15) is 5.69 Å². The molecule has 0 N–H and O–H groups in total. The van der Waals surface area contributed by atoms with E-state index in [4.69, 9.17) is 4.74 Å². The Bertz CT molecular complexity index is 318. The van der Waals surface area contributed by atoms with Gasteiger partial charge in [-0.25, -0.2) is 0 Å². The van der Waals surface area contributed by atoms with Crippen molar-refractivity contribution in [2.75, 3.05) is 13.7 Å². The van der Waals surface area contributed by atoms with Gasteiger partial charge >= 0.3 is 0 Å². The highest BCUT2D eigenvalue weighted by molar-refractivity contribution is 5.95. The van der Waals surface area contributed by atoms with E-state index in [9.17, 15) is 4.79 Å². The van der Waals surface area contributed by atoms with Crippen LogP contribution in [0.4, 0.5) is 0 Å². The summed E-state index contributed by atoms with van der Waals surface area (Å²) in [5.41, 5.74) is 0.695. The van der Waals surface area contributed by atoms with E-state index in [0.717, 1.165) is 13.0 Å². The average molecular weight is 210 g/mol. The molecule has 0 fully saturated rings. The molecule has 1 rings (SSSR count). The minimum Gasteiger partial charge on any atom is -0.385 e. The Labute approximate surface area is 90.2 Å². The lowest BCUT2D eigenvalue weighted by Gasteiger charge is -2.08. The topological polar surface area (TPSA) is 44.1 Å². The van der Waals surface area contributed by atoms with Crippen LogP contribution in [-0.2, 0) is 11.3 Å². The Morgan fingerprint density at radius 2 is 2.33 bits per heavy atom. The SMILES string of the molecule is COCCCn1nccc1C(=O)C(C)C. The lowest BCUT2D eigenvalue weighted by Crippen LogP contribution is -2.15. The first-order valence-corrected chi connectivity index (χ1v) is 5.21. The number of carbonyl (C=O) groups excluding carboxylic acids is 1. The molecule has 1 aromatic rings. The number of aromatic nitrogens is 2. The quantitative estimate of drug-likeness (QED) is 0.531. The van der Waals surface area contributed by atoms with Crippen molar-refractivity contribution in [3.8, 4) is 0 Å². The van der Waals surface area contributed by atoms with Gasteiger partial charge in [0.25, 0.3) is 0 Å². The first-order valence-electron chi connectivity index (χ1n) is 5.21. The monoisotopic (exact) mass is 210 g/mol. The molecule has 0 saturated heterocycles. The molecule has 0 saturated carbocycles. The number of aryl methyl sites for hydroxylation is 1. The molecule has 0 aromatic carbocycles. The number of Topliss-reactive ketones (excluding diaryl/α,β-unsaturated/α-hetero) is 1. The number of hydrogen-bond acceptors (Lipinski definition) is 3. The zero-order valence-electron chi connectivity index (χ0n) is 9.56. The number of methoxy groups -OCH3 is 1. The Kier molecular flexibility index (Phi) is 4.49. The summed E-state index contributed by atoms with van der Waals surface area (Å²) in [6, 6.07) is 1.77. The second-order valence-corrected chi connectivity index (χ2v) is 3.80. The van der Waals surface area contributed by atoms with E-state index in [-0.39, 0.29) is 11.7 Å². The maximum Gasteiger partial charge on any atom is 0.183 e. The van der Waals surface area contributed by atoms with E-state index in [0.29, 0.717) is 12.3 Å². The van der Waals surface area contributed by atoms with Crippen molar-refractivity contribution in [1.29, 1.82) is 0 Å². The van der Waals surface area contributed by atoms with Crippen LogP contribution in [0.25, 0.3) is 0 Å². The summed E-state index contributed by atoms with van der Waals surface area (Å²) in [4.78, 5) is 11.8. The molecule has 0 atom stereocenters. The third-order valence-corrected chi connectivity index (χ3v) is 2.21. The molecule has 1 aromatic heterocycles. The van der Waals surface area contributed by atoms with E-state index in [1.165, 1.54) is 0 Å². The minimum absolute atomic E-state index is 0.0166. The first kappa shape index (κ1) is 11.9. The van der Waals surface area contributed by atoms with Crippen LogP contribution in [0.3, 0.4) is 0 Å². The number of carbonyl (C=O) groups is 1. The Hall–Kier alpha value is -1.16. The maximum atomic E-state index is 11.8. The van der Waals surface area contributed by atoms with E-state index in [1.54, 1.807) is 24.1 Å². The highest BCUT2D eigenvalue weighted by atomic mass is 16.5. The summed E-state index contributed by atoms with van der Waals surface area (Å²) >= 11 is 0. The van der Waals surface area contributed by atoms with Crippen molar-refractivity contribution >= 4 is 5.78 Å². The van der Waals surface area contributed by atoms with Gasteiger partial charge in [0.15, 0.2) is 5.78 Å². The van der Waals surface area contributed by atoms with Gasteiger partial charge in [-0.3, -0.25) is 9.48 Å². The summed E-state index contributed by atoms with van der Waals surface area (Å²) in [6.45, 7) is 5.22. The molecular weight excluding hydrogens is 192 g/mol. The number of rotatable bonds is 6. The molecule has 1 heterocycles. The normalized spacial score (nSPS) is 10.9. The molecule has 84 valence electrons. The van der Waals surface area contributed by atoms with Crippen LogP contribution in [0.1, 0.15) is 30.8 Å². The molecule has 0 aliphatic carbocycles. The van der Waals surface area contributed by atoms with Crippen molar-refractivity contribution in [3.05, 3.63) is 18.0 Å². The second-order valence-electron chi connectivity index (χ2n) is 3.80. The molecule has 0 unspecified atom stereocenters. The summed E-state index contributed by atoms with van der Waals surface area (Å²) in [5.74, 6) is 0.160. The minimum atomic E-state index is 0.0166. The van der Waals surface area contributed by atoms with Crippen molar-refractivity contribution in [3.63, 3.8) is 0 Å². The van der Waals surface area contributed by atoms with Gasteiger partial charge in [0.2, 0.25) is 0 Å². The highest BCUT2D eigenvalue weighted by Crippen LogP contribution is 2.08. The fourth-order valence-corrected chi connectivity index (χ4v) is 1.37. The first-order chi connectivity index (χ1) is 7.16. The number of ether oxygens (including phenoxy) is 1. The third kappa shape index (κ3) is 3.16. The standard InChI is InChI=1S/C11H18N2O2/c1-9(2)11(14)10-5-6-12-13(10)7-4-8-15-3/h5-6,9H,4,7-8H2,1-3H3. The van der Waals surface area contributed by atoms with E-state index < -0.39 is 0 Å². The second kappa shape index (κ2) is 5.66. The Morgan fingerprint density at radius 1 is 1.60 bits per heavy atom. The number of nitrogens with zero attached hydrogens (tertiary/aromatic N) is 2. The Morgan fingerprint density at radius 3 is 2.93 bits per heavy atom. The third-order valence-electron chi connectivity index (χ3n) is 2.21. The van der Waals surface area contributed by atoms with Gasteiger partial charge in [-0.05, 0) is 12.5 Å². The van der Waals surface area contributed by atoms with Crippen LogP contribution in [0, 0.1) is 5.92 Å². The van der Waals surface area contributed by atoms with Crippen molar-refractivity contribution < 1.29 is 9.53 Å². The molecule has 4 nitrogen and oxygen atoms in total. The van der Waals surface area contributed by atoms with Crippen LogP contribution < -0.4 is 0 Å². The van der Waals surface area contributed by atoms with E-state index in [2.05, 4.69) is 5.10 Å². The number of hydrogen-bond donors (Lipinski definition) is 0. The van der Waals surface area contributed by atoms with Crippen LogP contribution in [-0.4, -0.2) is 29.3 Å². The van der Waals surface area contributed by atoms with E-state index in [1.807, 2.05) is 13.8 Å². The van der Waals surface area contributed by atoms with Gasteiger partial charge in [-0.2, -0.15) is 5.10 Å². The fourth-order valence-electron chi connectivity index (χ4n) is 1.37. The summed E-state index contributed by atoms with van der Waals surface area (Å²) in [6.07, 6.45) is 2.54. The average Bonchev–Trinajstić information content (AvgIpc) is 2.65. The van der Waals surface area contributed by atoms with Crippen LogP contribution in [0.5, 0.6) is 0 Å². The highest BCUT2D eigenvalue weighted by Gasteiger charge is 2.14. The summed E-state index contributed by atoms with van der Waals surface area (Å²) < 4.78 is 6.71.